The van der Waals surface area contributed by atoms with Crippen LogP contribution in [0.3, 0.4) is 0 Å². The number of unbranched alkanes of at least 4 members (excludes halogenated alkanes) is 1. The van der Waals surface area contributed by atoms with Gasteiger partial charge in [0.05, 0.1) is 0 Å². The normalized spacial score (nSPS) is 11.7. The molecule has 0 aliphatic carbocycles. The molecule has 0 unspecified atom stereocenters. The molecule has 0 bridgehead atoms. The Hall–Kier alpha value is -3.16. The molecule has 1 heterocycles. The molecule has 3 aromatic rings. The lowest BCUT2D eigenvalue weighted by atomic mass is 10.1. The molecule has 214 valence electrons. The van der Waals surface area contributed by atoms with Crippen LogP contribution in [0.15, 0.2) is 70.6 Å². The summed E-state index contributed by atoms with van der Waals surface area (Å²) in [5.41, 5.74) is 6.51. The van der Waals surface area contributed by atoms with Crippen molar-refractivity contribution in [3.8, 4) is 0 Å². The highest BCUT2D eigenvalue weighted by Gasteiger charge is 2.19. The molecule has 3 rings (SSSR count). The van der Waals surface area contributed by atoms with E-state index in [9.17, 15) is 9.59 Å². The van der Waals surface area contributed by atoms with E-state index in [1.54, 1.807) is 6.07 Å². The summed E-state index contributed by atoms with van der Waals surface area (Å²) in [7, 11) is 4.04. The summed E-state index contributed by atoms with van der Waals surface area (Å²) in [6.45, 7) is 10.4. The molecule has 1 aromatic heterocycles. The predicted octanol–water partition coefficient (Wildman–Crippen LogP) is 6.20. The van der Waals surface area contributed by atoms with Gasteiger partial charge in [0.2, 0.25) is 5.91 Å². The van der Waals surface area contributed by atoms with Crippen LogP contribution in [0.4, 0.5) is 0 Å². The Balaban J connectivity index is 1.88. The fraction of sp³-hybridized carbons (Fsp3) is 0.424. The van der Waals surface area contributed by atoms with Crippen molar-refractivity contribution in [2.45, 2.75) is 71.0 Å². The number of rotatable bonds is 14. The molecule has 40 heavy (non-hydrogen) atoms. The number of aryl methyl sites for hydroxylation is 2. The minimum absolute atomic E-state index is 0.0240. The van der Waals surface area contributed by atoms with Gasteiger partial charge in [0.15, 0.2) is 5.16 Å². The standard InChI is InChI=1S/C33H44N4O2S/c1-7-9-10-30-21-31(38)34-33(40-24-28-13-11-25(3)12-14-28)37(30)23-32(39)36(20-19-35(5)6)22-27-15-17-29(18-16-27)26(4)8-2/h8,11-18,21H,7,9-10,19-20,22-24H2,1-6H3/b26-8+. The van der Waals surface area contributed by atoms with Crippen molar-refractivity contribution in [2.24, 2.45) is 0 Å². The van der Waals surface area contributed by atoms with Crippen LogP contribution in [0, 0.1) is 6.92 Å². The first kappa shape index (κ1) is 31.4. The number of carbonyl (C=O) groups excluding carboxylic acids is 1. The summed E-state index contributed by atoms with van der Waals surface area (Å²) in [5.74, 6) is 0.705. The van der Waals surface area contributed by atoms with E-state index in [1.165, 1.54) is 28.5 Å². The van der Waals surface area contributed by atoms with Gasteiger partial charge in [-0.15, -0.1) is 0 Å². The monoisotopic (exact) mass is 560 g/mol. The molecule has 0 aliphatic rings. The largest absolute Gasteiger partial charge is 0.336 e. The summed E-state index contributed by atoms with van der Waals surface area (Å²) in [5, 5.41) is 0.603. The Labute approximate surface area is 244 Å². The molecule has 0 fully saturated rings. The van der Waals surface area contributed by atoms with Crippen molar-refractivity contribution in [1.29, 1.82) is 0 Å². The molecular weight excluding hydrogens is 516 g/mol. The van der Waals surface area contributed by atoms with Gasteiger partial charge in [-0.2, -0.15) is 4.98 Å². The third kappa shape index (κ3) is 9.49. The van der Waals surface area contributed by atoms with Crippen LogP contribution in [-0.4, -0.2) is 52.4 Å². The Kier molecular flexibility index (Phi) is 12.2. The van der Waals surface area contributed by atoms with E-state index < -0.39 is 0 Å². The summed E-state index contributed by atoms with van der Waals surface area (Å²) in [4.78, 5) is 34.8. The van der Waals surface area contributed by atoms with Gasteiger partial charge in [-0.1, -0.05) is 85.3 Å². The number of likely N-dealkylation sites (N-methyl/N-ethyl adjacent to an activating group) is 1. The predicted molar refractivity (Wildman–Crippen MR) is 168 cm³/mol. The quantitative estimate of drug-likeness (QED) is 0.174. The molecule has 0 saturated carbocycles. The van der Waals surface area contributed by atoms with E-state index in [2.05, 4.69) is 85.3 Å². The molecule has 0 atom stereocenters. The van der Waals surface area contributed by atoms with E-state index in [4.69, 9.17) is 0 Å². The number of benzene rings is 2. The summed E-state index contributed by atoms with van der Waals surface area (Å²) in [6.07, 6.45) is 4.80. The lowest BCUT2D eigenvalue weighted by molar-refractivity contribution is -0.132. The van der Waals surface area contributed by atoms with Crippen LogP contribution in [0.25, 0.3) is 5.57 Å². The number of allylic oxidation sites excluding steroid dienone is 2. The second-order valence-corrected chi connectivity index (χ2v) is 11.6. The fourth-order valence-electron chi connectivity index (χ4n) is 4.31. The first-order valence-corrected chi connectivity index (χ1v) is 15.1. The maximum Gasteiger partial charge on any atom is 0.273 e. The number of amides is 1. The van der Waals surface area contributed by atoms with Crippen LogP contribution in [-0.2, 0) is 30.1 Å². The van der Waals surface area contributed by atoms with Crippen molar-refractivity contribution >= 4 is 23.2 Å². The van der Waals surface area contributed by atoms with Crippen LogP contribution in [0.1, 0.15) is 61.6 Å². The number of nitrogens with zero attached hydrogens (tertiary/aromatic N) is 4. The molecule has 0 N–H and O–H groups in total. The topological polar surface area (TPSA) is 58.4 Å². The molecular formula is C33H44N4O2S. The van der Waals surface area contributed by atoms with E-state index >= 15 is 0 Å². The highest BCUT2D eigenvalue weighted by molar-refractivity contribution is 7.98. The number of aromatic nitrogens is 2. The van der Waals surface area contributed by atoms with E-state index in [-0.39, 0.29) is 18.0 Å². The molecule has 6 nitrogen and oxygen atoms in total. The number of carbonyl (C=O) groups is 1. The summed E-state index contributed by atoms with van der Waals surface area (Å²) >= 11 is 1.52. The molecule has 2 aromatic carbocycles. The SMILES string of the molecule is C/C=C(\C)c1ccc(CN(CCN(C)C)C(=O)Cn2c(CCCC)cc(=O)nc2SCc2ccc(C)cc2)cc1. The number of hydrogen-bond donors (Lipinski definition) is 0. The van der Waals surface area contributed by atoms with E-state index in [0.29, 0.717) is 24.0 Å². The summed E-state index contributed by atoms with van der Waals surface area (Å²) < 4.78 is 1.97. The van der Waals surface area contributed by atoms with Crippen LogP contribution >= 0.6 is 11.8 Å². The molecule has 0 aliphatic heterocycles. The minimum atomic E-state index is -0.248. The highest BCUT2D eigenvalue weighted by Crippen LogP contribution is 2.23. The number of thioether (sulfide) groups is 1. The maximum absolute atomic E-state index is 13.9. The zero-order valence-corrected chi connectivity index (χ0v) is 25.8. The van der Waals surface area contributed by atoms with Crippen molar-refractivity contribution in [3.05, 3.63) is 99.0 Å². The lowest BCUT2D eigenvalue weighted by Gasteiger charge is -2.26. The van der Waals surface area contributed by atoms with Gasteiger partial charge < -0.3 is 14.4 Å². The van der Waals surface area contributed by atoms with Crippen LogP contribution < -0.4 is 5.56 Å². The van der Waals surface area contributed by atoms with Gasteiger partial charge in [-0.05, 0) is 70.0 Å². The molecule has 0 saturated heterocycles. The zero-order valence-electron chi connectivity index (χ0n) is 24.9. The smallest absolute Gasteiger partial charge is 0.273 e. The lowest BCUT2D eigenvalue weighted by Crippen LogP contribution is -2.39. The van der Waals surface area contributed by atoms with Gasteiger partial charge in [-0.3, -0.25) is 9.59 Å². The first-order valence-electron chi connectivity index (χ1n) is 14.1. The maximum atomic E-state index is 13.9. The van der Waals surface area contributed by atoms with Gasteiger partial charge in [-0.25, -0.2) is 0 Å². The van der Waals surface area contributed by atoms with Gasteiger partial charge in [0, 0.05) is 37.1 Å². The van der Waals surface area contributed by atoms with E-state index in [0.717, 1.165) is 42.6 Å². The van der Waals surface area contributed by atoms with E-state index in [1.807, 2.05) is 30.5 Å². The second kappa shape index (κ2) is 15.6. The van der Waals surface area contributed by atoms with Crippen molar-refractivity contribution in [2.75, 3.05) is 27.2 Å². The first-order chi connectivity index (χ1) is 19.2. The Morgan fingerprint density at radius 2 is 1.70 bits per heavy atom. The zero-order chi connectivity index (χ0) is 29.1. The van der Waals surface area contributed by atoms with Crippen LogP contribution in [0.2, 0.25) is 0 Å². The Morgan fingerprint density at radius 1 is 1.02 bits per heavy atom. The third-order valence-corrected chi connectivity index (χ3v) is 8.08. The minimum Gasteiger partial charge on any atom is -0.336 e. The van der Waals surface area contributed by atoms with Crippen molar-refractivity contribution in [3.63, 3.8) is 0 Å². The second-order valence-electron chi connectivity index (χ2n) is 10.6. The molecule has 1 amide bonds. The van der Waals surface area contributed by atoms with Gasteiger partial charge in [0.1, 0.15) is 6.54 Å². The Bertz CT molecular complexity index is 1330. The van der Waals surface area contributed by atoms with Crippen LogP contribution in [0.5, 0.6) is 0 Å². The Morgan fingerprint density at radius 3 is 2.33 bits per heavy atom. The van der Waals surface area contributed by atoms with Crippen molar-refractivity contribution < 1.29 is 4.79 Å². The number of hydrogen-bond acceptors (Lipinski definition) is 5. The average molecular weight is 561 g/mol. The fourth-order valence-corrected chi connectivity index (χ4v) is 5.30. The molecule has 0 spiro atoms. The molecule has 7 heteroatoms. The summed E-state index contributed by atoms with van der Waals surface area (Å²) in [6, 6.07) is 18.4. The van der Waals surface area contributed by atoms with Gasteiger partial charge >= 0.3 is 0 Å². The van der Waals surface area contributed by atoms with Gasteiger partial charge in [0.25, 0.3) is 5.56 Å². The third-order valence-electron chi connectivity index (χ3n) is 7.03. The highest BCUT2D eigenvalue weighted by atomic mass is 32.2. The van der Waals surface area contributed by atoms with Crippen molar-refractivity contribution in [1.82, 2.24) is 19.4 Å². The average Bonchev–Trinajstić information content (AvgIpc) is 2.94. The molecule has 0 radical (unpaired) electrons.